The van der Waals surface area contributed by atoms with Crippen LogP contribution in [0.25, 0.3) is 0 Å². The highest BCUT2D eigenvalue weighted by Crippen LogP contribution is 2.18. The zero-order valence-electron chi connectivity index (χ0n) is 13.1. The van der Waals surface area contributed by atoms with Gasteiger partial charge in [0, 0.05) is 13.1 Å². The lowest BCUT2D eigenvalue weighted by atomic mass is 10.1. The summed E-state index contributed by atoms with van der Waals surface area (Å²) in [6.07, 6.45) is 0.637. The number of aliphatic hydroxyl groups excluding tert-OH is 1. The number of nitrogens with one attached hydrogen (secondary N) is 1. The van der Waals surface area contributed by atoms with Crippen LogP contribution in [-0.2, 0) is 23.1 Å². The van der Waals surface area contributed by atoms with Crippen molar-refractivity contribution in [1.82, 2.24) is 9.62 Å². The van der Waals surface area contributed by atoms with E-state index in [9.17, 15) is 13.5 Å². The van der Waals surface area contributed by atoms with Crippen molar-refractivity contribution in [2.75, 3.05) is 26.2 Å². The van der Waals surface area contributed by atoms with Crippen LogP contribution in [0.15, 0.2) is 23.1 Å². The Morgan fingerprint density at radius 1 is 1.19 bits per heavy atom. The molecule has 0 bridgehead atoms. The number of benzene rings is 1. The van der Waals surface area contributed by atoms with Crippen LogP contribution in [0, 0.1) is 0 Å². The van der Waals surface area contributed by atoms with E-state index in [1.54, 1.807) is 18.2 Å². The van der Waals surface area contributed by atoms with E-state index in [1.807, 2.05) is 6.92 Å². The summed E-state index contributed by atoms with van der Waals surface area (Å²) in [7, 11) is -3.54. The summed E-state index contributed by atoms with van der Waals surface area (Å²) >= 11 is 0. The van der Waals surface area contributed by atoms with Crippen molar-refractivity contribution in [1.29, 1.82) is 0 Å². The second-order valence-corrected chi connectivity index (χ2v) is 6.61. The molecule has 1 aromatic rings. The third kappa shape index (κ3) is 5.07. The van der Waals surface area contributed by atoms with Gasteiger partial charge in [0.05, 0.1) is 11.5 Å². The standard InChI is InChI=1S/C15H26N2O3S/c1-4-14-8-7-13(12-18)11-15(14)21(19,20)16-9-10-17(5-2)6-3/h7-8,11,16,18H,4-6,9-10,12H2,1-3H3. The molecular weight excluding hydrogens is 288 g/mol. The van der Waals surface area contributed by atoms with Gasteiger partial charge in [-0.15, -0.1) is 0 Å². The number of sulfonamides is 1. The number of nitrogens with zero attached hydrogens (tertiary/aromatic N) is 1. The van der Waals surface area contributed by atoms with E-state index in [-0.39, 0.29) is 11.5 Å². The van der Waals surface area contributed by atoms with Crippen molar-refractivity contribution in [3.63, 3.8) is 0 Å². The number of rotatable bonds is 9. The van der Waals surface area contributed by atoms with Gasteiger partial charge < -0.3 is 10.0 Å². The van der Waals surface area contributed by atoms with Gasteiger partial charge in [0.25, 0.3) is 0 Å². The maximum atomic E-state index is 12.4. The first-order valence-corrected chi connectivity index (χ1v) is 8.91. The van der Waals surface area contributed by atoms with Gasteiger partial charge in [0.15, 0.2) is 0 Å². The fourth-order valence-corrected chi connectivity index (χ4v) is 3.57. The smallest absolute Gasteiger partial charge is 0.240 e. The summed E-state index contributed by atoms with van der Waals surface area (Å²) in [4.78, 5) is 2.43. The van der Waals surface area contributed by atoms with Crippen LogP contribution in [0.1, 0.15) is 31.9 Å². The predicted molar refractivity (Wildman–Crippen MR) is 84.7 cm³/mol. The topological polar surface area (TPSA) is 69.6 Å². The second kappa shape index (κ2) is 8.48. The van der Waals surface area contributed by atoms with Gasteiger partial charge >= 0.3 is 0 Å². The quantitative estimate of drug-likeness (QED) is 0.722. The zero-order chi connectivity index (χ0) is 15.9. The fourth-order valence-electron chi connectivity index (χ4n) is 2.20. The average Bonchev–Trinajstić information content (AvgIpc) is 2.50. The van der Waals surface area contributed by atoms with Gasteiger partial charge in [-0.05, 0) is 36.7 Å². The third-order valence-electron chi connectivity index (χ3n) is 3.60. The molecule has 0 saturated carbocycles. The van der Waals surface area contributed by atoms with Gasteiger partial charge in [-0.1, -0.05) is 32.9 Å². The maximum absolute atomic E-state index is 12.4. The normalized spacial score (nSPS) is 12.0. The first kappa shape index (κ1) is 18.1. The van der Waals surface area contributed by atoms with Crippen molar-refractivity contribution < 1.29 is 13.5 Å². The van der Waals surface area contributed by atoms with Gasteiger partial charge in [0.2, 0.25) is 10.0 Å². The molecule has 0 aliphatic heterocycles. The molecule has 1 aromatic carbocycles. The molecule has 6 heteroatoms. The average molecular weight is 314 g/mol. The van der Waals surface area contributed by atoms with Crippen LogP contribution in [0.3, 0.4) is 0 Å². The molecule has 2 N–H and O–H groups in total. The highest BCUT2D eigenvalue weighted by atomic mass is 32.2. The van der Waals surface area contributed by atoms with Crippen LogP contribution in [0.4, 0.5) is 0 Å². The SMILES string of the molecule is CCc1ccc(CO)cc1S(=O)(=O)NCCN(CC)CC. The van der Waals surface area contributed by atoms with E-state index in [0.29, 0.717) is 25.1 Å². The monoisotopic (exact) mass is 314 g/mol. The summed E-state index contributed by atoms with van der Waals surface area (Å²) < 4.78 is 27.5. The van der Waals surface area contributed by atoms with Gasteiger partial charge in [-0.3, -0.25) is 0 Å². The molecule has 5 nitrogen and oxygen atoms in total. The lowest BCUT2D eigenvalue weighted by Gasteiger charge is -2.18. The summed E-state index contributed by atoms with van der Waals surface area (Å²) in [6.45, 7) is 8.74. The molecule has 0 aliphatic carbocycles. The van der Waals surface area contributed by atoms with Crippen LogP contribution >= 0.6 is 0 Å². The highest BCUT2D eigenvalue weighted by molar-refractivity contribution is 7.89. The summed E-state index contributed by atoms with van der Waals surface area (Å²) in [5, 5.41) is 9.18. The predicted octanol–water partition coefficient (Wildman–Crippen LogP) is 1.36. The number of aliphatic hydroxyl groups is 1. The molecule has 0 radical (unpaired) electrons. The van der Waals surface area contributed by atoms with Gasteiger partial charge in [0.1, 0.15) is 0 Å². The van der Waals surface area contributed by atoms with E-state index in [1.165, 1.54) is 0 Å². The Labute approximate surface area is 128 Å². The molecule has 0 unspecified atom stereocenters. The molecule has 1 rings (SSSR count). The minimum atomic E-state index is -3.54. The van der Waals surface area contributed by atoms with Crippen LogP contribution in [0.2, 0.25) is 0 Å². The number of aryl methyl sites for hydroxylation is 1. The molecule has 0 aliphatic rings. The minimum absolute atomic E-state index is 0.161. The van der Waals surface area contributed by atoms with Gasteiger partial charge in [-0.2, -0.15) is 0 Å². The lowest BCUT2D eigenvalue weighted by molar-refractivity contribution is 0.281. The molecule has 0 saturated heterocycles. The zero-order valence-corrected chi connectivity index (χ0v) is 13.9. The molecule has 0 fully saturated rings. The number of likely N-dealkylation sites (N-methyl/N-ethyl adjacent to an activating group) is 1. The summed E-state index contributed by atoms with van der Waals surface area (Å²) in [5.41, 5.74) is 1.37. The molecule has 21 heavy (non-hydrogen) atoms. The van der Waals surface area contributed by atoms with Crippen molar-refractivity contribution >= 4 is 10.0 Å². The molecular formula is C15H26N2O3S. The van der Waals surface area contributed by atoms with Crippen molar-refractivity contribution in [2.24, 2.45) is 0 Å². The Hall–Kier alpha value is -0.950. The van der Waals surface area contributed by atoms with Crippen LogP contribution in [-0.4, -0.2) is 44.6 Å². The molecule has 0 aromatic heterocycles. The molecule has 0 amide bonds. The van der Waals surface area contributed by atoms with Crippen molar-refractivity contribution in [2.45, 2.75) is 38.7 Å². The molecule has 0 atom stereocenters. The van der Waals surface area contributed by atoms with E-state index < -0.39 is 10.0 Å². The number of hydrogen-bond acceptors (Lipinski definition) is 4. The fraction of sp³-hybridized carbons (Fsp3) is 0.600. The van der Waals surface area contributed by atoms with E-state index in [0.717, 1.165) is 18.7 Å². The maximum Gasteiger partial charge on any atom is 0.240 e. The Kier molecular flexibility index (Phi) is 7.31. The van der Waals surface area contributed by atoms with E-state index >= 15 is 0 Å². The van der Waals surface area contributed by atoms with Crippen LogP contribution < -0.4 is 4.72 Å². The molecule has 0 spiro atoms. The first-order chi connectivity index (χ1) is 9.98. The first-order valence-electron chi connectivity index (χ1n) is 7.43. The van der Waals surface area contributed by atoms with E-state index in [4.69, 9.17) is 0 Å². The molecule has 120 valence electrons. The van der Waals surface area contributed by atoms with Crippen molar-refractivity contribution in [3.8, 4) is 0 Å². The Balaban J connectivity index is 2.86. The second-order valence-electron chi connectivity index (χ2n) is 4.88. The van der Waals surface area contributed by atoms with Crippen molar-refractivity contribution in [3.05, 3.63) is 29.3 Å². The third-order valence-corrected chi connectivity index (χ3v) is 5.14. The highest BCUT2D eigenvalue weighted by Gasteiger charge is 2.18. The molecule has 0 heterocycles. The largest absolute Gasteiger partial charge is 0.392 e. The number of hydrogen-bond donors (Lipinski definition) is 2. The summed E-state index contributed by atoms with van der Waals surface area (Å²) in [6, 6.07) is 5.08. The Morgan fingerprint density at radius 2 is 1.86 bits per heavy atom. The summed E-state index contributed by atoms with van der Waals surface area (Å²) in [5.74, 6) is 0. The Bertz CT molecular complexity index is 540. The minimum Gasteiger partial charge on any atom is -0.392 e. The van der Waals surface area contributed by atoms with E-state index in [2.05, 4.69) is 23.5 Å². The van der Waals surface area contributed by atoms with Crippen LogP contribution in [0.5, 0.6) is 0 Å². The van der Waals surface area contributed by atoms with Gasteiger partial charge in [-0.25, -0.2) is 13.1 Å². The lowest BCUT2D eigenvalue weighted by Crippen LogP contribution is -2.35. The Morgan fingerprint density at radius 3 is 2.38 bits per heavy atom.